The summed E-state index contributed by atoms with van der Waals surface area (Å²) in [6, 6.07) is 18.5. The van der Waals surface area contributed by atoms with Gasteiger partial charge >= 0.3 is 0 Å². The number of sulfonamides is 1. The van der Waals surface area contributed by atoms with Crippen LogP contribution in [-0.2, 0) is 26.2 Å². The molecular formula is C32H37Cl2N3O5S. The van der Waals surface area contributed by atoms with Gasteiger partial charge < -0.3 is 15.0 Å². The Hall–Kier alpha value is -3.27. The van der Waals surface area contributed by atoms with Crippen molar-refractivity contribution in [3.63, 3.8) is 0 Å². The molecule has 0 unspecified atom stereocenters. The number of anilines is 1. The number of methoxy groups -OCH3 is 1. The van der Waals surface area contributed by atoms with Crippen LogP contribution < -0.4 is 14.4 Å². The van der Waals surface area contributed by atoms with E-state index in [1.54, 1.807) is 37.4 Å². The van der Waals surface area contributed by atoms with Crippen LogP contribution in [0, 0.1) is 0 Å². The topological polar surface area (TPSA) is 96.0 Å². The number of amides is 2. The number of hydrogen-bond donors (Lipinski definition) is 1. The van der Waals surface area contributed by atoms with Crippen LogP contribution in [0.5, 0.6) is 5.75 Å². The number of rotatable bonds is 12. The molecule has 8 nitrogen and oxygen atoms in total. The van der Waals surface area contributed by atoms with E-state index in [9.17, 15) is 18.0 Å². The zero-order valence-corrected chi connectivity index (χ0v) is 26.7. The molecule has 1 aliphatic carbocycles. The lowest BCUT2D eigenvalue weighted by Crippen LogP contribution is -2.54. The minimum absolute atomic E-state index is 0.0360. The molecule has 1 N–H and O–H groups in total. The molecule has 0 bridgehead atoms. The molecule has 3 aromatic carbocycles. The minimum atomic E-state index is -4.23. The normalized spacial score (nSPS) is 14.5. The van der Waals surface area contributed by atoms with Gasteiger partial charge in [0.2, 0.25) is 11.8 Å². The van der Waals surface area contributed by atoms with Crippen molar-refractivity contribution in [3.05, 3.63) is 88.4 Å². The summed E-state index contributed by atoms with van der Waals surface area (Å²) >= 11 is 12.3. The highest BCUT2D eigenvalue weighted by molar-refractivity contribution is 7.92. The first-order valence-electron chi connectivity index (χ1n) is 14.4. The van der Waals surface area contributed by atoms with E-state index in [1.807, 2.05) is 19.1 Å². The van der Waals surface area contributed by atoms with E-state index >= 15 is 0 Å². The molecule has 1 atom stereocenters. The molecule has 230 valence electrons. The van der Waals surface area contributed by atoms with Crippen molar-refractivity contribution in [3.8, 4) is 5.75 Å². The third-order valence-electron chi connectivity index (χ3n) is 7.60. The molecular weight excluding hydrogens is 609 g/mol. The molecule has 0 heterocycles. The van der Waals surface area contributed by atoms with Gasteiger partial charge in [-0.2, -0.15) is 0 Å². The van der Waals surface area contributed by atoms with Crippen molar-refractivity contribution in [2.24, 2.45) is 0 Å². The van der Waals surface area contributed by atoms with E-state index in [2.05, 4.69) is 5.32 Å². The van der Waals surface area contributed by atoms with Crippen LogP contribution in [-0.4, -0.2) is 50.9 Å². The van der Waals surface area contributed by atoms with Gasteiger partial charge in [0.1, 0.15) is 18.3 Å². The van der Waals surface area contributed by atoms with Gasteiger partial charge in [-0.3, -0.25) is 13.9 Å². The molecule has 0 saturated heterocycles. The number of nitrogens with zero attached hydrogens (tertiary/aromatic N) is 2. The lowest BCUT2D eigenvalue weighted by atomic mass is 9.95. The minimum Gasteiger partial charge on any atom is -0.497 e. The summed E-state index contributed by atoms with van der Waals surface area (Å²) in [5.41, 5.74) is 0.961. The average Bonchev–Trinajstić information content (AvgIpc) is 3.00. The van der Waals surface area contributed by atoms with Gasteiger partial charge in [0.05, 0.1) is 17.7 Å². The first-order chi connectivity index (χ1) is 20.6. The summed E-state index contributed by atoms with van der Waals surface area (Å²) in [6.07, 6.45) is 5.37. The van der Waals surface area contributed by atoms with Crippen molar-refractivity contribution in [2.75, 3.05) is 18.0 Å². The molecule has 1 fully saturated rings. The smallest absolute Gasteiger partial charge is 0.264 e. The van der Waals surface area contributed by atoms with Crippen molar-refractivity contribution >= 4 is 50.7 Å². The van der Waals surface area contributed by atoms with Gasteiger partial charge in [-0.05, 0) is 79.4 Å². The Morgan fingerprint density at radius 3 is 2.30 bits per heavy atom. The molecule has 43 heavy (non-hydrogen) atoms. The SMILES string of the molecule is CC[C@@H](C(=O)NC1CCCCC1)N(Cc1cccc(OC)c1)C(=O)CN(c1cccc(Cl)c1)S(=O)(=O)c1ccc(Cl)cc1. The summed E-state index contributed by atoms with van der Waals surface area (Å²) in [6.45, 7) is 1.37. The zero-order chi connectivity index (χ0) is 31.0. The standard InChI is InChI=1S/C32H37Cl2N3O5S/c1-3-30(32(39)35-26-11-5-4-6-12-26)36(21-23-9-7-14-28(19-23)42-2)31(38)22-37(27-13-8-10-25(34)20-27)43(40,41)29-17-15-24(33)16-18-29/h7-10,13-20,26,30H,3-6,11-12,21-22H2,1-2H3,(H,35,39)/t30-/m0/s1. The largest absolute Gasteiger partial charge is 0.497 e. The van der Waals surface area contributed by atoms with Gasteiger partial charge in [0, 0.05) is 22.6 Å². The van der Waals surface area contributed by atoms with E-state index in [1.165, 1.54) is 35.2 Å². The number of halogens is 2. The number of ether oxygens (including phenoxy) is 1. The number of hydrogen-bond acceptors (Lipinski definition) is 5. The van der Waals surface area contributed by atoms with Crippen LogP contribution in [0.3, 0.4) is 0 Å². The van der Waals surface area contributed by atoms with E-state index in [0.29, 0.717) is 22.2 Å². The predicted octanol–water partition coefficient (Wildman–Crippen LogP) is 6.45. The number of carbonyl (C=O) groups excluding carboxylic acids is 2. The highest BCUT2D eigenvalue weighted by Crippen LogP contribution is 2.28. The number of carbonyl (C=O) groups is 2. The Bertz CT molecular complexity index is 1510. The maximum Gasteiger partial charge on any atom is 0.264 e. The Labute approximate surface area is 264 Å². The first-order valence-corrected chi connectivity index (χ1v) is 16.6. The van der Waals surface area contributed by atoms with Gasteiger partial charge in [-0.15, -0.1) is 0 Å². The average molecular weight is 647 g/mol. The second kappa shape index (κ2) is 14.9. The van der Waals surface area contributed by atoms with Crippen LogP contribution in [0.2, 0.25) is 10.0 Å². The second-order valence-corrected chi connectivity index (χ2v) is 13.3. The monoisotopic (exact) mass is 645 g/mol. The van der Waals surface area contributed by atoms with E-state index in [-0.39, 0.29) is 29.1 Å². The molecule has 0 radical (unpaired) electrons. The highest BCUT2D eigenvalue weighted by Gasteiger charge is 2.34. The number of benzene rings is 3. The molecule has 1 saturated carbocycles. The fourth-order valence-electron chi connectivity index (χ4n) is 5.33. The molecule has 1 aliphatic rings. The maximum absolute atomic E-state index is 14.3. The molecule has 0 aliphatic heterocycles. The van der Waals surface area contributed by atoms with E-state index in [0.717, 1.165) is 42.0 Å². The maximum atomic E-state index is 14.3. The Kier molecular flexibility index (Phi) is 11.3. The third kappa shape index (κ3) is 8.43. The quantitative estimate of drug-likeness (QED) is 0.244. The van der Waals surface area contributed by atoms with Crippen LogP contribution in [0.1, 0.15) is 51.0 Å². The van der Waals surface area contributed by atoms with Crippen LogP contribution >= 0.6 is 23.2 Å². The van der Waals surface area contributed by atoms with Crippen LogP contribution in [0.25, 0.3) is 0 Å². The second-order valence-electron chi connectivity index (χ2n) is 10.6. The van der Waals surface area contributed by atoms with Crippen LogP contribution in [0.15, 0.2) is 77.7 Å². The highest BCUT2D eigenvalue weighted by atomic mass is 35.5. The summed E-state index contributed by atoms with van der Waals surface area (Å²) in [7, 11) is -2.67. The third-order valence-corrected chi connectivity index (χ3v) is 9.88. The Balaban J connectivity index is 1.71. The van der Waals surface area contributed by atoms with Crippen LogP contribution in [0.4, 0.5) is 5.69 Å². The fourth-order valence-corrected chi connectivity index (χ4v) is 7.04. The summed E-state index contributed by atoms with van der Waals surface area (Å²) in [5.74, 6) is -0.179. The van der Waals surface area contributed by atoms with Crippen molar-refractivity contribution in [1.82, 2.24) is 10.2 Å². The fraction of sp³-hybridized carbons (Fsp3) is 0.375. The summed E-state index contributed by atoms with van der Waals surface area (Å²) in [4.78, 5) is 29.3. The molecule has 0 aromatic heterocycles. The molecule has 0 spiro atoms. The molecule has 2 amide bonds. The Morgan fingerprint density at radius 1 is 0.953 bits per heavy atom. The van der Waals surface area contributed by atoms with Crippen molar-refractivity contribution < 1.29 is 22.7 Å². The molecule has 4 rings (SSSR count). The summed E-state index contributed by atoms with van der Waals surface area (Å²) < 4.78 is 34.3. The van der Waals surface area contributed by atoms with Gasteiger partial charge in [0.15, 0.2) is 0 Å². The molecule has 11 heteroatoms. The Morgan fingerprint density at radius 2 is 1.65 bits per heavy atom. The van der Waals surface area contributed by atoms with Gasteiger partial charge in [-0.25, -0.2) is 8.42 Å². The number of nitrogens with one attached hydrogen (secondary N) is 1. The van der Waals surface area contributed by atoms with Gasteiger partial charge in [0.25, 0.3) is 10.0 Å². The van der Waals surface area contributed by atoms with Crippen molar-refractivity contribution in [2.45, 2.75) is 69.0 Å². The van der Waals surface area contributed by atoms with Gasteiger partial charge in [-0.1, -0.05) is 67.6 Å². The van der Waals surface area contributed by atoms with Crippen molar-refractivity contribution in [1.29, 1.82) is 0 Å². The van der Waals surface area contributed by atoms with E-state index < -0.39 is 28.5 Å². The predicted molar refractivity (Wildman–Crippen MR) is 170 cm³/mol. The zero-order valence-electron chi connectivity index (χ0n) is 24.3. The lowest BCUT2D eigenvalue weighted by Gasteiger charge is -2.34. The first kappa shape index (κ1) is 32.6. The molecule has 3 aromatic rings. The summed E-state index contributed by atoms with van der Waals surface area (Å²) in [5, 5.41) is 3.84. The lowest BCUT2D eigenvalue weighted by molar-refractivity contribution is -0.140. The van der Waals surface area contributed by atoms with E-state index in [4.69, 9.17) is 27.9 Å².